The summed E-state index contributed by atoms with van der Waals surface area (Å²) in [6, 6.07) is 11.9. The van der Waals surface area contributed by atoms with Gasteiger partial charge in [-0.3, -0.25) is 4.98 Å². The van der Waals surface area contributed by atoms with Crippen LogP contribution in [0.1, 0.15) is 11.3 Å². The average Bonchev–Trinajstić information content (AvgIpc) is 2.45. The van der Waals surface area contributed by atoms with Crippen LogP contribution in [0.5, 0.6) is 5.75 Å². The number of pyridine rings is 1. The average molecular weight is 254 g/mol. The standard InChI is InChI=1S/C16H18N2O/c1-3-11-19-16-9-5-4-7-14(16)12-18-15-8-6-10-17-13(15)2/h3-10,18H,1,11-12H2,2H3. The Morgan fingerprint density at radius 1 is 1.26 bits per heavy atom. The fourth-order valence-electron chi connectivity index (χ4n) is 1.80. The van der Waals surface area contributed by atoms with Gasteiger partial charge in [0.05, 0.1) is 11.4 Å². The number of hydrogen-bond donors (Lipinski definition) is 1. The van der Waals surface area contributed by atoms with Crippen molar-refractivity contribution in [1.82, 2.24) is 4.98 Å². The topological polar surface area (TPSA) is 34.1 Å². The van der Waals surface area contributed by atoms with Crippen molar-refractivity contribution in [2.75, 3.05) is 11.9 Å². The van der Waals surface area contributed by atoms with Crippen LogP contribution in [-0.2, 0) is 6.54 Å². The Balaban J connectivity index is 2.07. The van der Waals surface area contributed by atoms with E-state index in [1.165, 1.54) is 0 Å². The van der Waals surface area contributed by atoms with Gasteiger partial charge in [-0.05, 0) is 25.1 Å². The third-order valence-corrected chi connectivity index (χ3v) is 2.81. The van der Waals surface area contributed by atoms with Gasteiger partial charge in [-0.2, -0.15) is 0 Å². The SMILES string of the molecule is C=CCOc1ccccc1CNc1cccnc1C. The van der Waals surface area contributed by atoms with Crippen LogP contribution >= 0.6 is 0 Å². The van der Waals surface area contributed by atoms with Crippen molar-refractivity contribution in [3.05, 3.63) is 66.5 Å². The lowest BCUT2D eigenvalue weighted by Gasteiger charge is -2.12. The molecule has 0 aliphatic rings. The molecule has 0 aliphatic heterocycles. The minimum atomic E-state index is 0.517. The zero-order chi connectivity index (χ0) is 13.5. The first-order valence-corrected chi connectivity index (χ1v) is 6.28. The maximum atomic E-state index is 5.63. The molecule has 0 aliphatic carbocycles. The normalized spacial score (nSPS) is 9.95. The first-order chi connectivity index (χ1) is 9.31. The fraction of sp³-hybridized carbons (Fsp3) is 0.188. The van der Waals surface area contributed by atoms with Gasteiger partial charge in [0.15, 0.2) is 0 Å². The molecule has 2 aromatic rings. The minimum absolute atomic E-state index is 0.517. The fourth-order valence-corrected chi connectivity index (χ4v) is 1.80. The molecule has 0 atom stereocenters. The molecule has 0 unspecified atom stereocenters. The molecule has 0 fully saturated rings. The van der Waals surface area contributed by atoms with Crippen molar-refractivity contribution in [2.24, 2.45) is 0 Å². The Morgan fingerprint density at radius 2 is 2.11 bits per heavy atom. The maximum absolute atomic E-state index is 5.63. The molecule has 1 aromatic heterocycles. The van der Waals surface area contributed by atoms with Crippen LogP contribution in [0.4, 0.5) is 5.69 Å². The van der Waals surface area contributed by atoms with Crippen LogP contribution in [-0.4, -0.2) is 11.6 Å². The predicted octanol–water partition coefficient (Wildman–Crippen LogP) is 3.57. The van der Waals surface area contributed by atoms with Crippen molar-refractivity contribution in [3.8, 4) is 5.75 Å². The van der Waals surface area contributed by atoms with Crippen molar-refractivity contribution in [1.29, 1.82) is 0 Å². The highest BCUT2D eigenvalue weighted by molar-refractivity contribution is 5.48. The Labute approximate surface area is 114 Å². The molecule has 0 saturated carbocycles. The van der Waals surface area contributed by atoms with Crippen LogP contribution in [0.25, 0.3) is 0 Å². The molecule has 0 amide bonds. The third kappa shape index (κ3) is 3.58. The van der Waals surface area contributed by atoms with Gasteiger partial charge >= 0.3 is 0 Å². The van der Waals surface area contributed by atoms with E-state index in [4.69, 9.17) is 4.74 Å². The van der Waals surface area contributed by atoms with Crippen molar-refractivity contribution >= 4 is 5.69 Å². The summed E-state index contributed by atoms with van der Waals surface area (Å²) in [6.45, 7) is 6.88. The molecule has 0 bridgehead atoms. The van der Waals surface area contributed by atoms with E-state index in [0.717, 1.165) is 22.7 Å². The summed E-state index contributed by atoms with van der Waals surface area (Å²) in [4.78, 5) is 4.26. The zero-order valence-corrected chi connectivity index (χ0v) is 11.1. The van der Waals surface area contributed by atoms with E-state index in [9.17, 15) is 0 Å². The highest BCUT2D eigenvalue weighted by Crippen LogP contribution is 2.20. The number of anilines is 1. The summed E-state index contributed by atoms with van der Waals surface area (Å²) in [6.07, 6.45) is 3.54. The quantitative estimate of drug-likeness (QED) is 0.800. The van der Waals surface area contributed by atoms with Gasteiger partial charge in [0.1, 0.15) is 12.4 Å². The van der Waals surface area contributed by atoms with Gasteiger partial charge in [0, 0.05) is 18.3 Å². The third-order valence-electron chi connectivity index (χ3n) is 2.81. The molecule has 1 heterocycles. The number of nitrogens with one attached hydrogen (secondary N) is 1. The van der Waals surface area contributed by atoms with Gasteiger partial charge in [0.25, 0.3) is 0 Å². The van der Waals surface area contributed by atoms with Gasteiger partial charge in [0.2, 0.25) is 0 Å². The van der Waals surface area contributed by atoms with E-state index in [1.54, 1.807) is 12.3 Å². The summed E-state index contributed by atoms with van der Waals surface area (Å²) in [5.74, 6) is 0.886. The number of rotatable bonds is 6. The molecule has 1 aromatic carbocycles. The summed E-state index contributed by atoms with van der Waals surface area (Å²) in [5.41, 5.74) is 3.15. The number of aromatic nitrogens is 1. The highest BCUT2D eigenvalue weighted by atomic mass is 16.5. The van der Waals surface area contributed by atoms with Crippen LogP contribution in [0.15, 0.2) is 55.3 Å². The molecular formula is C16H18N2O. The van der Waals surface area contributed by atoms with Crippen LogP contribution in [0, 0.1) is 6.92 Å². The second kappa shape index (κ2) is 6.59. The summed E-state index contributed by atoms with van der Waals surface area (Å²) in [5, 5.41) is 3.38. The second-order valence-electron chi connectivity index (χ2n) is 4.20. The summed E-state index contributed by atoms with van der Waals surface area (Å²) >= 11 is 0. The van der Waals surface area contributed by atoms with E-state index >= 15 is 0 Å². The Morgan fingerprint density at radius 3 is 2.89 bits per heavy atom. The minimum Gasteiger partial charge on any atom is -0.489 e. The Hall–Kier alpha value is -2.29. The first kappa shape index (κ1) is 13.1. The highest BCUT2D eigenvalue weighted by Gasteiger charge is 2.03. The first-order valence-electron chi connectivity index (χ1n) is 6.28. The van der Waals surface area contributed by atoms with E-state index in [-0.39, 0.29) is 0 Å². The molecule has 98 valence electrons. The maximum Gasteiger partial charge on any atom is 0.124 e. The molecular weight excluding hydrogens is 236 g/mol. The molecule has 0 radical (unpaired) electrons. The number of benzene rings is 1. The molecule has 19 heavy (non-hydrogen) atoms. The van der Waals surface area contributed by atoms with Crippen LogP contribution < -0.4 is 10.1 Å². The lowest BCUT2D eigenvalue weighted by molar-refractivity contribution is 0.359. The largest absolute Gasteiger partial charge is 0.489 e. The van der Waals surface area contributed by atoms with Gasteiger partial charge < -0.3 is 10.1 Å². The monoisotopic (exact) mass is 254 g/mol. The van der Waals surface area contributed by atoms with Gasteiger partial charge in [-0.25, -0.2) is 0 Å². The number of ether oxygens (including phenoxy) is 1. The van der Waals surface area contributed by atoms with Crippen molar-refractivity contribution in [2.45, 2.75) is 13.5 Å². The van der Waals surface area contributed by atoms with Crippen molar-refractivity contribution in [3.63, 3.8) is 0 Å². The zero-order valence-electron chi connectivity index (χ0n) is 11.1. The second-order valence-corrected chi connectivity index (χ2v) is 4.20. The van der Waals surface area contributed by atoms with E-state index in [2.05, 4.69) is 22.9 Å². The number of para-hydroxylation sites is 1. The van der Waals surface area contributed by atoms with Crippen molar-refractivity contribution < 1.29 is 4.74 Å². The smallest absolute Gasteiger partial charge is 0.124 e. The molecule has 0 saturated heterocycles. The Bertz CT molecular complexity index is 552. The summed E-state index contributed by atoms with van der Waals surface area (Å²) < 4.78 is 5.63. The lowest BCUT2D eigenvalue weighted by Crippen LogP contribution is -2.04. The van der Waals surface area contributed by atoms with Gasteiger partial charge in [-0.15, -0.1) is 0 Å². The van der Waals surface area contributed by atoms with Crippen LogP contribution in [0.3, 0.4) is 0 Å². The molecule has 3 heteroatoms. The van der Waals surface area contributed by atoms with Crippen LogP contribution in [0.2, 0.25) is 0 Å². The Kier molecular flexibility index (Phi) is 4.56. The molecule has 3 nitrogen and oxygen atoms in total. The molecule has 0 spiro atoms. The van der Waals surface area contributed by atoms with Gasteiger partial charge in [-0.1, -0.05) is 30.9 Å². The molecule has 2 rings (SSSR count). The predicted molar refractivity (Wildman–Crippen MR) is 78.4 cm³/mol. The van der Waals surface area contributed by atoms with E-state index < -0.39 is 0 Å². The summed E-state index contributed by atoms with van der Waals surface area (Å²) in [7, 11) is 0. The number of aryl methyl sites for hydroxylation is 1. The molecule has 1 N–H and O–H groups in total. The lowest BCUT2D eigenvalue weighted by atomic mass is 10.2. The number of nitrogens with zero attached hydrogens (tertiary/aromatic N) is 1. The number of hydrogen-bond acceptors (Lipinski definition) is 3. The van der Waals surface area contributed by atoms with E-state index in [0.29, 0.717) is 13.2 Å². The van der Waals surface area contributed by atoms with E-state index in [1.807, 2.05) is 37.3 Å².